The highest BCUT2D eigenvalue weighted by Crippen LogP contribution is 2.40. The van der Waals surface area contributed by atoms with Crippen molar-refractivity contribution in [3.63, 3.8) is 0 Å². The first kappa shape index (κ1) is 98.3. The molecule has 4 aromatic heterocycles. The number of nitrogens with zero attached hydrogens (tertiary/aromatic N) is 10. The molecule has 6 aliphatic heterocycles. The molecule has 0 aromatic carbocycles. The van der Waals surface area contributed by atoms with Crippen molar-refractivity contribution in [1.82, 2.24) is 71.2 Å². The first-order valence-corrected chi connectivity index (χ1v) is 43.2. The minimum Gasteiger partial charge on any atom is -0.388 e. The number of fused-ring (bicyclic) bond motifs is 6. The Morgan fingerprint density at radius 2 is 0.770 bits per heavy atom. The van der Waals surface area contributed by atoms with Crippen molar-refractivity contribution in [1.29, 1.82) is 0 Å². The van der Waals surface area contributed by atoms with E-state index in [1.807, 2.05) is 18.2 Å². The maximum atomic E-state index is 14.2. The molecule has 47 heteroatoms. The predicted molar refractivity (Wildman–Crippen MR) is 420 cm³/mol. The summed E-state index contributed by atoms with van der Waals surface area (Å²) in [7, 11) is 3.33. The van der Waals surface area contributed by atoms with Crippen LogP contribution in [-0.4, -0.2) is 404 Å². The summed E-state index contributed by atoms with van der Waals surface area (Å²) in [5, 5.41) is 102. The van der Waals surface area contributed by atoms with Crippen LogP contribution in [0, 0.1) is 0 Å². The first-order chi connectivity index (χ1) is 59.3. The third kappa shape index (κ3) is 31.5. The van der Waals surface area contributed by atoms with E-state index >= 15 is 0 Å². The zero-order valence-electron chi connectivity index (χ0n) is 69.1. The van der Waals surface area contributed by atoms with Crippen molar-refractivity contribution < 1.29 is 149 Å². The average molecular weight is 1780 g/mol. The van der Waals surface area contributed by atoms with E-state index < -0.39 is 96.0 Å². The van der Waals surface area contributed by atoms with Crippen molar-refractivity contribution in [3.8, 4) is 0 Å². The minimum atomic E-state index is -1.34. The number of unbranched alkanes of at least 4 members (excludes halogenated alkanes) is 2. The molecule has 10 heterocycles. The highest BCUT2D eigenvalue weighted by molar-refractivity contribution is 8.76. The molecular formula is C75H120N14O31S2. The summed E-state index contributed by atoms with van der Waals surface area (Å²) in [5.41, 5.74) is -3.52. The fourth-order valence-corrected chi connectivity index (χ4v) is 15.7. The van der Waals surface area contributed by atoms with Crippen LogP contribution in [0.15, 0.2) is 48.0 Å². The molecule has 0 aliphatic carbocycles. The van der Waals surface area contributed by atoms with Gasteiger partial charge in [-0.3, -0.25) is 19.2 Å². The van der Waals surface area contributed by atoms with Gasteiger partial charge < -0.3 is 151 Å². The Balaban J connectivity index is 0.640. The molecule has 10 rings (SSSR count). The SMILES string of the molecule is CC(=O)N[C@H]1[C@H]2OC[C@](COCCOCCOCCOCCn3cc(COCC(COCc4cn(CCOCCOCCOCCOC[C@@]56CO[C@@H](O5)[C@H](NC(C)=O)[C@@H](O)[C@H]6O)nn4)(COCc4cn(CCOCCOCCOCCOC[C@@]56CO[C@@H](O5)[C@H](NC(C)=O)[C@@H](O)[C@H]6O)nn4)NC(=O)CCCCCSSc4ccccn4)nn3)(O2)[C@H](O)[C@@H]1O. The lowest BCUT2D eigenvalue weighted by atomic mass is 9.88. The number of nitrogens with one attached hydrogen (secondary N) is 4. The van der Waals surface area contributed by atoms with Gasteiger partial charge in [-0.15, -0.1) is 15.3 Å². The van der Waals surface area contributed by atoms with E-state index in [1.165, 1.54) is 20.8 Å². The van der Waals surface area contributed by atoms with Crippen LogP contribution in [0.1, 0.15) is 63.5 Å². The van der Waals surface area contributed by atoms with Crippen molar-refractivity contribution in [2.24, 2.45) is 0 Å². The van der Waals surface area contributed by atoms with Crippen molar-refractivity contribution in [3.05, 3.63) is 60.1 Å². The summed E-state index contributed by atoms with van der Waals surface area (Å²) in [6.45, 7) is 10.5. The van der Waals surface area contributed by atoms with Crippen LogP contribution in [0.2, 0.25) is 0 Å². The average Bonchev–Trinajstić information content (AvgIpc) is 1.61. The minimum absolute atomic E-state index is 0.0110. The topological polar surface area (TPSA) is 537 Å². The molecule has 6 saturated heterocycles. The molecule has 6 fully saturated rings. The summed E-state index contributed by atoms with van der Waals surface area (Å²) in [6, 6.07) is 3.08. The van der Waals surface area contributed by atoms with Gasteiger partial charge in [-0.05, 0) is 35.8 Å². The number of rotatable bonds is 66. The summed E-state index contributed by atoms with van der Waals surface area (Å²) < 4.78 is 127. The number of pyridine rings is 1. The number of aliphatic hydroxyl groups excluding tert-OH is 6. The molecule has 0 unspecified atom stereocenters. The number of ether oxygens (including phenoxy) is 21. The molecule has 6 bridgehead atoms. The standard InChI is InChI=1S/C75H120N14O31S2/c1-52(90)77-60-63(94)66(97)73(49-115-69(60)118-73)46-109-33-30-106-27-24-103-21-18-100-15-12-87-37-55(81-84-87)40-112-43-72(80-58(93)9-5-4-8-36-121-122-59-10-6-7-11-76-59,44-113-41-56-38-88(85-82-56)13-16-101-19-22-104-25-28-107-31-34-110-47-74-50-116-70(119-74)61(78-53(2)91)64(95)67(74)98)45-114-42-57-39-89(86-83-57)14-17-102-20-23-105-26-29-108-32-35-111-48-75-51-117-71(120-75)62(79-54(3)92)65(96)68(75)99/h6-7,10-11,37-39,60-71,94-99H,4-5,8-9,12-36,40-51H2,1-3H3,(H,77,90)(H,78,91)(H,79,92)(H,80,93)/t60-,61-,62-,63-,64-,65-,66-,67-,68-,69+,70+,71+,73+,74+,75+/m1/s1. The van der Waals surface area contributed by atoms with E-state index in [4.69, 9.17) is 99.5 Å². The van der Waals surface area contributed by atoms with Gasteiger partial charge in [0.15, 0.2) is 18.9 Å². The Morgan fingerprint density at radius 3 is 1.09 bits per heavy atom. The molecule has 10 N–H and O–H groups in total. The molecule has 0 spiro atoms. The molecule has 688 valence electrons. The molecular weight excluding hydrogens is 1660 g/mol. The maximum Gasteiger partial charge on any atom is 0.220 e. The Morgan fingerprint density at radius 1 is 0.443 bits per heavy atom. The fourth-order valence-electron chi connectivity index (χ4n) is 13.7. The number of hydrogen-bond donors (Lipinski definition) is 10. The lowest BCUT2D eigenvalue weighted by molar-refractivity contribution is -0.238. The quantitative estimate of drug-likeness (QED) is 0.0148. The van der Waals surface area contributed by atoms with E-state index in [-0.39, 0.29) is 149 Å². The number of aliphatic hydroxyl groups is 6. The van der Waals surface area contributed by atoms with Crippen LogP contribution in [0.5, 0.6) is 0 Å². The van der Waals surface area contributed by atoms with Gasteiger partial charge in [0.25, 0.3) is 0 Å². The lowest BCUT2D eigenvalue weighted by Gasteiger charge is -2.42. The van der Waals surface area contributed by atoms with Crippen molar-refractivity contribution >= 4 is 45.2 Å². The second-order valence-corrected chi connectivity index (χ2v) is 32.3. The van der Waals surface area contributed by atoms with Crippen LogP contribution in [0.3, 0.4) is 0 Å². The van der Waals surface area contributed by atoms with Crippen LogP contribution in [0.4, 0.5) is 0 Å². The van der Waals surface area contributed by atoms with Gasteiger partial charge in [0.2, 0.25) is 23.6 Å². The van der Waals surface area contributed by atoms with Gasteiger partial charge in [0.1, 0.15) is 99.2 Å². The van der Waals surface area contributed by atoms with E-state index in [1.54, 1.807) is 60.4 Å². The van der Waals surface area contributed by atoms with Crippen molar-refractivity contribution in [2.45, 2.75) is 187 Å². The second kappa shape index (κ2) is 52.4. The van der Waals surface area contributed by atoms with Crippen LogP contribution in [0.25, 0.3) is 0 Å². The molecule has 6 aliphatic rings. The molecule has 0 saturated carbocycles. The highest BCUT2D eigenvalue weighted by Gasteiger charge is 2.62. The van der Waals surface area contributed by atoms with E-state index in [0.29, 0.717) is 142 Å². The number of carbonyl (C=O) groups is 4. The van der Waals surface area contributed by atoms with E-state index in [0.717, 1.165) is 23.6 Å². The Bertz CT molecular complexity index is 3350. The summed E-state index contributed by atoms with van der Waals surface area (Å²) in [5.74, 6) is -0.526. The predicted octanol–water partition coefficient (Wildman–Crippen LogP) is -4.08. The molecule has 122 heavy (non-hydrogen) atoms. The summed E-state index contributed by atoms with van der Waals surface area (Å²) in [4.78, 5) is 53.3. The monoisotopic (exact) mass is 1780 g/mol. The summed E-state index contributed by atoms with van der Waals surface area (Å²) in [6.07, 6.45) is -1.11. The van der Waals surface area contributed by atoms with E-state index in [2.05, 4.69) is 57.2 Å². The molecule has 4 aromatic rings. The molecule has 15 atom stereocenters. The smallest absolute Gasteiger partial charge is 0.220 e. The molecule has 0 radical (unpaired) electrons. The number of hydrogen-bond acceptors (Lipinski definition) is 40. The third-order valence-electron chi connectivity index (χ3n) is 20.0. The fraction of sp³-hybridized carbons (Fsp3) is 0.800. The summed E-state index contributed by atoms with van der Waals surface area (Å²) >= 11 is 0. The van der Waals surface area contributed by atoms with Crippen molar-refractivity contribution in [2.75, 3.05) is 204 Å². The number of aromatic nitrogens is 10. The third-order valence-corrected chi connectivity index (χ3v) is 22.3. The van der Waals surface area contributed by atoms with Gasteiger partial charge in [-0.1, -0.05) is 38.9 Å². The Hall–Kier alpha value is -5.93. The van der Waals surface area contributed by atoms with E-state index in [9.17, 15) is 49.8 Å². The van der Waals surface area contributed by atoms with Gasteiger partial charge in [0.05, 0.1) is 256 Å². The zero-order chi connectivity index (χ0) is 86.3. The Kier molecular flexibility index (Phi) is 42.2. The Labute approximate surface area is 713 Å². The zero-order valence-corrected chi connectivity index (χ0v) is 70.8. The molecule has 4 amide bonds. The van der Waals surface area contributed by atoms with Crippen LogP contribution < -0.4 is 21.3 Å². The number of carbonyl (C=O) groups excluding carboxylic acids is 4. The molecule has 45 nitrogen and oxygen atoms in total. The van der Waals surface area contributed by atoms with Gasteiger partial charge in [0, 0.05) is 39.1 Å². The van der Waals surface area contributed by atoms with Gasteiger partial charge in [-0.25, -0.2) is 19.0 Å². The van der Waals surface area contributed by atoms with Gasteiger partial charge >= 0.3 is 0 Å². The van der Waals surface area contributed by atoms with Crippen LogP contribution in [-0.2, 0) is 158 Å². The highest BCUT2D eigenvalue weighted by atomic mass is 33.1. The first-order valence-electron chi connectivity index (χ1n) is 40.9. The largest absolute Gasteiger partial charge is 0.388 e. The van der Waals surface area contributed by atoms with Crippen LogP contribution >= 0.6 is 21.6 Å². The maximum absolute atomic E-state index is 14.2. The second-order valence-electron chi connectivity index (χ2n) is 29.9. The lowest BCUT2D eigenvalue weighted by Crippen LogP contribution is -2.66. The number of amides is 4. The normalized spacial score (nSPS) is 26.0. The van der Waals surface area contributed by atoms with Gasteiger partial charge in [-0.2, -0.15) is 0 Å².